The van der Waals surface area contributed by atoms with Crippen LogP contribution in [0.3, 0.4) is 0 Å². The standard InChI is InChI=1S/C27H44O8/c1-23(33,14-28)8-7-22(32)26(4,34)21-6-10-27(35)16-11-18(29)17-12-19(30)20(31)13-24(17,2)15(16)5-9-25(21,27)3/h11,15,17,19-22,28,30-35H,5-10,12-14H2,1-4H3/t15-,17+,19+,20-,21-,22+,23-,24+,25-,26-,27+/m0/s1. The summed E-state index contributed by atoms with van der Waals surface area (Å²) < 4.78 is 0. The Morgan fingerprint density at radius 1 is 1.09 bits per heavy atom. The van der Waals surface area contributed by atoms with Crippen LogP contribution in [0, 0.1) is 28.6 Å². The van der Waals surface area contributed by atoms with Crippen molar-refractivity contribution in [1.82, 2.24) is 0 Å². The van der Waals surface area contributed by atoms with Crippen molar-refractivity contribution in [3.05, 3.63) is 11.6 Å². The summed E-state index contributed by atoms with van der Waals surface area (Å²) in [5, 5.41) is 74.9. The molecular formula is C27H44O8. The highest BCUT2D eigenvalue weighted by Gasteiger charge is 2.69. The summed E-state index contributed by atoms with van der Waals surface area (Å²) in [4.78, 5) is 13.3. The van der Waals surface area contributed by atoms with Crippen LogP contribution < -0.4 is 0 Å². The molecule has 0 spiro atoms. The van der Waals surface area contributed by atoms with E-state index in [1.54, 1.807) is 13.0 Å². The number of hydrogen-bond donors (Lipinski definition) is 7. The average molecular weight is 497 g/mol. The lowest BCUT2D eigenvalue weighted by molar-refractivity contribution is -0.177. The van der Waals surface area contributed by atoms with Gasteiger partial charge in [-0.05, 0) is 94.1 Å². The first-order chi connectivity index (χ1) is 16.0. The first-order valence-electron chi connectivity index (χ1n) is 13.1. The van der Waals surface area contributed by atoms with Gasteiger partial charge in [0.25, 0.3) is 0 Å². The zero-order chi connectivity index (χ0) is 26.2. The summed E-state index contributed by atoms with van der Waals surface area (Å²) in [6.07, 6.45) is 1.37. The van der Waals surface area contributed by atoms with Gasteiger partial charge in [-0.2, -0.15) is 0 Å². The molecule has 35 heavy (non-hydrogen) atoms. The molecule has 200 valence electrons. The Bertz CT molecular complexity index is 882. The molecule has 0 amide bonds. The maximum absolute atomic E-state index is 13.3. The van der Waals surface area contributed by atoms with Gasteiger partial charge in [0, 0.05) is 11.3 Å². The summed E-state index contributed by atoms with van der Waals surface area (Å²) in [5.41, 5.74) is -4.90. The summed E-state index contributed by atoms with van der Waals surface area (Å²) in [7, 11) is 0. The number of carbonyl (C=O) groups excluding carboxylic acids is 1. The summed E-state index contributed by atoms with van der Waals surface area (Å²) in [6.45, 7) is 6.54. The lowest BCUT2D eigenvalue weighted by atomic mass is 9.45. The van der Waals surface area contributed by atoms with Crippen molar-refractivity contribution in [3.63, 3.8) is 0 Å². The van der Waals surface area contributed by atoms with Crippen LogP contribution in [0.4, 0.5) is 0 Å². The lowest BCUT2D eigenvalue weighted by Crippen LogP contribution is -2.62. The Morgan fingerprint density at radius 2 is 1.74 bits per heavy atom. The number of allylic oxidation sites excluding steroid dienone is 1. The fourth-order valence-electron chi connectivity index (χ4n) is 8.36. The molecule has 7 N–H and O–H groups in total. The van der Waals surface area contributed by atoms with E-state index in [1.165, 1.54) is 6.92 Å². The van der Waals surface area contributed by atoms with Gasteiger partial charge in [0.15, 0.2) is 5.78 Å². The molecule has 4 aliphatic carbocycles. The SMILES string of the molecule is C[C@@](O)(CO)CC[C@@H](O)[C@@](C)(O)[C@H]1CC[C@@]2(O)C3=CC(=O)[C@H]4C[C@@H](O)[C@@H](O)C[C@]4(C)[C@H]3CC[C@@]12C. The summed E-state index contributed by atoms with van der Waals surface area (Å²) in [5.74, 6) is -1.08. The second-order valence-corrected chi connectivity index (χ2v) is 13.0. The van der Waals surface area contributed by atoms with Crippen molar-refractivity contribution in [2.75, 3.05) is 6.61 Å². The first kappa shape index (κ1) is 27.2. The molecule has 0 unspecified atom stereocenters. The van der Waals surface area contributed by atoms with Gasteiger partial charge in [0.2, 0.25) is 0 Å². The van der Waals surface area contributed by atoms with Crippen LogP contribution in [0.15, 0.2) is 11.6 Å². The van der Waals surface area contributed by atoms with Gasteiger partial charge in [0.1, 0.15) is 0 Å². The van der Waals surface area contributed by atoms with Crippen LogP contribution >= 0.6 is 0 Å². The van der Waals surface area contributed by atoms with Gasteiger partial charge in [0.05, 0.1) is 41.7 Å². The van der Waals surface area contributed by atoms with E-state index in [4.69, 9.17) is 0 Å². The largest absolute Gasteiger partial charge is 0.393 e. The highest BCUT2D eigenvalue weighted by Crippen LogP contribution is 2.68. The molecule has 3 saturated carbocycles. The van der Waals surface area contributed by atoms with E-state index >= 15 is 0 Å². The molecule has 11 atom stereocenters. The van der Waals surface area contributed by atoms with Gasteiger partial charge < -0.3 is 35.7 Å². The minimum absolute atomic E-state index is 0.0926. The zero-order valence-corrected chi connectivity index (χ0v) is 21.4. The van der Waals surface area contributed by atoms with Crippen molar-refractivity contribution >= 4 is 5.78 Å². The molecule has 0 aliphatic heterocycles. The van der Waals surface area contributed by atoms with Crippen molar-refractivity contribution in [3.8, 4) is 0 Å². The second-order valence-electron chi connectivity index (χ2n) is 13.0. The molecular weight excluding hydrogens is 452 g/mol. The molecule has 0 aromatic rings. The predicted molar refractivity (Wildman–Crippen MR) is 128 cm³/mol. The molecule has 0 radical (unpaired) electrons. The Balaban J connectivity index is 1.64. The van der Waals surface area contributed by atoms with Crippen LogP contribution in [-0.4, -0.2) is 83.3 Å². The summed E-state index contributed by atoms with van der Waals surface area (Å²) >= 11 is 0. The third-order valence-corrected chi connectivity index (χ3v) is 10.8. The summed E-state index contributed by atoms with van der Waals surface area (Å²) in [6, 6.07) is 0. The van der Waals surface area contributed by atoms with Gasteiger partial charge >= 0.3 is 0 Å². The molecule has 8 heteroatoms. The lowest BCUT2D eigenvalue weighted by Gasteiger charge is -2.60. The van der Waals surface area contributed by atoms with Crippen LogP contribution in [0.1, 0.15) is 79.1 Å². The Kier molecular flexibility index (Phi) is 6.66. The van der Waals surface area contributed by atoms with E-state index in [2.05, 4.69) is 0 Å². The van der Waals surface area contributed by atoms with Gasteiger partial charge in [-0.15, -0.1) is 0 Å². The van der Waals surface area contributed by atoms with Crippen LogP contribution in [0.25, 0.3) is 0 Å². The topological polar surface area (TPSA) is 159 Å². The van der Waals surface area contributed by atoms with E-state index in [-0.39, 0.29) is 31.0 Å². The molecule has 0 aromatic heterocycles. The van der Waals surface area contributed by atoms with E-state index in [0.717, 1.165) is 0 Å². The molecule has 0 saturated heterocycles. The third-order valence-electron chi connectivity index (χ3n) is 10.8. The van der Waals surface area contributed by atoms with Gasteiger partial charge in [-0.1, -0.05) is 13.8 Å². The number of ketones is 1. The highest BCUT2D eigenvalue weighted by molar-refractivity contribution is 5.95. The van der Waals surface area contributed by atoms with E-state index in [9.17, 15) is 40.5 Å². The zero-order valence-electron chi connectivity index (χ0n) is 21.4. The van der Waals surface area contributed by atoms with Gasteiger partial charge in [-0.3, -0.25) is 4.79 Å². The van der Waals surface area contributed by atoms with Crippen molar-refractivity contribution in [1.29, 1.82) is 0 Å². The van der Waals surface area contributed by atoms with Crippen LogP contribution in [0.2, 0.25) is 0 Å². The molecule has 0 bridgehead atoms. The van der Waals surface area contributed by atoms with E-state index in [1.807, 2.05) is 13.8 Å². The number of hydrogen-bond acceptors (Lipinski definition) is 8. The highest BCUT2D eigenvalue weighted by atomic mass is 16.3. The molecule has 4 rings (SSSR count). The first-order valence-corrected chi connectivity index (χ1v) is 13.1. The minimum atomic E-state index is -1.55. The normalized spacial score (nSPS) is 47.6. The smallest absolute Gasteiger partial charge is 0.159 e. The number of aliphatic hydroxyl groups is 7. The van der Waals surface area contributed by atoms with E-state index in [0.29, 0.717) is 37.7 Å². The van der Waals surface area contributed by atoms with E-state index < -0.39 is 64.4 Å². The average Bonchev–Trinajstić information content (AvgIpc) is 3.06. The van der Waals surface area contributed by atoms with Crippen LogP contribution in [-0.2, 0) is 4.79 Å². The Hall–Kier alpha value is -0.870. The monoisotopic (exact) mass is 496 g/mol. The molecule has 0 aromatic carbocycles. The van der Waals surface area contributed by atoms with Gasteiger partial charge in [-0.25, -0.2) is 0 Å². The number of rotatable bonds is 6. The molecule has 4 aliphatic rings. The quantitative estimate of drug-likeness (QED) is 0.285. The maximum Gasteiger partial charge on any atom is 0.159 e. The van der Waals surface area contributed by atoms with Crippen molar-refractivity contribution in [2.24, 2.45) is 28.6 Å². The fourth-order valence-corrected chi connectivity index (χ4v) is 8.36. The Morgan fingerprint density at radius 3 is 2.37 bits per heavy atom. The predicted octanol–water partition coefficient (Wildman–Crippen LogP) is 0.826. The van der Waals surface area contributed by atoms with Crippen LogP contribution in [0.5, 0.6) is 0 Å². The third kappa shape index (κ3) is 3.95. The second kappa shape index (κ2) is 8.58. The maximum atomic E-state index is 13.3. The van der Waals surface area contributed by atoms with Crippen molar-refractivity contribution < 1.29 is 40.5 Å². The molecule has 8 nitrogen and oxygen atoms in total. The molecule has 0 heterocycles. The number of fused-ring (bicyclic) bond motifs is 5. The minimum Gasteiger partial charge on any atom is -0.393 e. The van der Waals surface area contributed by atoms with Crippen molar-refractivity contribution in [2.45, 2.75) is 114 Å². The fraction of sp³-hybridized carbons (Fsp3) is 0.889. The molecule has 3 fully saturated rings. The Labute approximate surface area is 207 Å². The number of aliphatic hydroxyl groups excluding tert-OH is 4. The number of carbonyl (C=O) groups is 1.